The van der Waals surface area contributed by atoms with Crippen LogP contribution in [0.2, 0.25) is 5.02 Å². The van der Waals surface area contributed by atoms with E-state index in [2.05, 4.69) is 19.2 Å². The molecular formula is C18H21ClN4O2S. The lowest BCUT2D eigenvalue weighted by atomic mass is 10.0. The molecule has 8 heteroatoms. The third-order valence-electron chi connectivity index (χ3n) is 4.60. The van der Waals surface area contributed by atoms with Crippen molar-refractivity contribution in [2.24, 2.45) is 4.36 Å². The van der Waals surface area contributed by atoms with Crippen LogP contribution in [-0.2, 0) is 20.2 Å². The zero-order chi connectivity index (χ0) is 18.3. The second-order valence-corrected chi connectivity index (χ2v) is 9.65. The smallest absolute Gasteiger partial charge is 0.259 e. The molecule has 5 rings (SSSR count). The Morgan fingerprint density at radius 2 is 2.15 bits per heavy atom. The minimum absolute atomic E-state index is 0.0355. The first-order chi connectivity index (χ1) is 12.4. The second-order valence-electron chi connectivity index (χ2n) is 6.86. The molecule has 0 spiro atoms. The zero-order valence-corrected chi connectivity index (χ0v) is 16.4. The van der Waals surface area contributed by atoms with Crippen LogP contribution in [0.25, 0.3) is 0 Å². The van der Waals surface area contributed by atoms with E-state index in [0.717, 1.165) is 35.6 Å². The summed E-state index contributed by atoms with van der Waals surface area (Å²) in [5.74, 6) is 1.35. The maximum atomic E-state index is 13.0. The average Bonchev–Trinajstić information content (AvgIpc) is 2.78. The molecule has 1 fully saturated rings. The molecule has 1 aromatic heterocycles. The second kappa shape index (κ2) is 6.79. The van der Waals surface area contributed by atoms with E-state index in [-0.39, 0.29) is 12.0 Å². The van der Waals surface area contributed by atoms with E-state index < -0.39 is 9.73 Å². The molecular weight excluding hydrogens is 372 g/mol. The fraction of sp³-hybridized carbons (Fsp3) is 0.444. The first kappa shape index (κ1) is 17.7. The molecule has 0 radical (unpaired) electrons. The molecule has 2 atom stereocenters. The minimum Gasteiger partial charge on any atom is -0.379 e. The van der Waals surface area contributed by atoms with Gasteiger partial charge in [0.25, 0.3) is 5.95 Å². The molecule has 4 bridgehead atoms. The SMILES string of the molecule is Cc1cc2nc(n1)N=S(C)(=O)Cc1ccc(c(Cl)c1)[C@@H]1COCCCN21. The van der Waals surface area contributed by atoms with Gasteiger partial charge in [-0.3, -0.25) is 0 Å². The quantitative estimate of drug-likeness (QED) is 0.684. The molecule has 4 heterocycles. The van der Waals surface area contributed by atoms with Crippen molar-refractivity contribution in [1.29, 1.82) is 0 Å². The normalized spacial score (nSPS) is 25.5. The summed E-state index contributed by atoms with van der Waals surface area (Å²) in [5, 5.41) is 0.657. The molecule has 0 N–H and O–H groups in total. The zero-order valence-electron chi connectivity index (χ0n) is 14.8. The first-order valence-electron chi connectivity index (χ1n) is 8.59. The molecule has 0 amide bonds. The van der Waals surface area contributed by atoms with E-state index in [1.54, 1.807) is 6.26 Å². The van der Waals surface area contributed by atoms with E-state index in [1.165, 1.54) is 0 Å². The van der Waals surface area contributed by atoms with E-state index >= 15 is 0 Å². The van der Waals surface area contributed by atoms with Gasteiger partial charge in [-0.05, 0) is 30.5 Å². The Labute approximate surface area is 158 Å². The number of hydrogen-bond donors (Lipinski definition) is 0. The van der Waals surface area contributed by atoms with E-state index in [1.807, 2.05) is 31.2 Å². The number of aryl methyl sites for hydroxylation is 1. The van der Waals surface area contributed by atoms with Gasteiger partial charge in [0.2, 0.25) is 0 Å². The van der Waals surface area contributed by atoms with Crippen LogP contribution in [0, 0.1) is 6.92 Å². The Bertz CT molecular complexity index is 972. The third kappa shape index (κ3) is 3.56. The van der Waals surface area contributed by atoms with Crippen molar-refractivity contribution < 1.29 is 8.95 Å². The molecule has 1 aromatic carbocycles. The Morgan fingerprint density at radius 1 is 1.31 bits per heavy atom. The maximum Gasteiger partial charge on any atom is 0.259 e. The van der Waals surface area contributed by atoms with Crippen LogP contribution < -0.4 is 4.90 Å². The Hall–Kier alpha value is -1.70. The van der Waals surface area contributed by atoms with Gasteiger partial charge in [0, 0.05) is 36.2 Å². The highest BCUT2D eigenvalue weighted by molar-refractivity contribution is 7.92. The summed E-state index contributed by atoms with van der Waals surface area (Å²) in [4.78, 5) is 11.2. The predicted molar refractivity (Wildman–Crippen MR) is 104 cm³/mol. The van der Waals surface area contributed by atoms with Crippen LogP contribution in [-0.4, -0.2) is 40.2 Å². The Kier molecular flexibility index (Phi) is 4.62. The summed E-state index contributed by atoms with van der Waals surface area (Å²) in [6.07, 6.45) is 2.53. The molecule has 3 aliphatic heterocycles. The topological polar surface area (TPSA) is 67.7 Å². The molecule has 1 unspecified atom stereocenters. The lowest BCUT2D eigenvalue weighted by Crippen LogP contribution is -2.32. The standard InChI is InChI=1S/C18H21ClN4O2S/c1-12-8-17-21-18(20-12)22-26(2,24)11-13-4-5-14(15(19)9-13)16-10-25-7-3-6-23(16)17/h4-5,8-9,16H,3,6-7,10-11H2,1-2H3/t16-,26?/m0/s1. The summed E-state index contributed by atoms with van der Waals surface area (Å²) >= 11 is 6.61. The molecule has 0 saturated carbocycles. The van der Waals surface area contributed by atoms with Gasteiger partial charge in [0.15, 0.2) is 0 Å². The number of hydrogen-bond acceptors (Lipinski definition) is 6. The maximum absolute atomic E-state index is 13.0. The monoisotopic (exact) mass is 392 g/mol. The van der Waals surface area contributed by atoms with Crippen LogP contribution in [0.4, 0.5) is 11.8 Å². The van der Waals surface area contributed by atoms with Gasteiger partial charge in [-0.25, -0.2) is 9.19 Å². The van der Waals surface area contributed by atoms with Gasteiger partial charge in [0.1, 0.15) is 5.82 Å². The Balaban J connectivity index is 1.98. The molecule has 2 aromatic rings. The van der Waals surface area contributed by atoms with Crippen molar-refractivity contribution in [1.82, 2.24) is 9.97 Å². The summed E-state index contributed by atoms with van der Waals surface area (Å²) < 4.78 is 23.2. The van der Waals surface area contributed by atoms with Gasteiger partial charge >= 0.3 is 0 Å². The summed E-state index contributed by atoms with van der Waals surface area (Å²) in [5.41, 5.74) is 2.68. The lowest BCUT2D eigenvalue weighted by Gasteiger charge is -2.32. The number of rotatable bonds is 0. The van der Waals surface area contributed by atoms with Gasteiger partial charge in [0.05, 0.1) is 28.1 Å². The number of nitrogens with zero attached hydrogens (tertiary/aromatic N) is 4. The van der Waals surface area contributed by atoms with Crippen molar-refractivity contribution in [2.75, 3.05) is 30.9 Å². The van der Waals surface area contributed by atoms with Crippen molar-refractivity contribution in [3.63, 3.8) is 0 Å². The van der Waals surface area contributed by atoms with Gasteiger partial charge < -0.3 is 9.64 Å². The molecule has 1 saturated heterocycles. The molecule has 138 valence electrons. The van der Waals surface area contributed by atoms with Gasteiger partial charge in [-0.1, -0.05) is 23.7 Å². The third-order valence-corrected chi connectivity index (χ3v) is 6.34. The van der Waals surface area contributed by atoms with Crippen LogP contribution in [0.3, 0.4) is 0 Å². The minimum atomic E-state index is -2.52. The van der Waals surface area contributed by atoms with Crippen LogP contribution in [0.1, 0.15) is 29.3 Å². The van der Waals surface area contributed by atoms with Crippen LogP contribution >= 0.6 is 11.6 Å². The highest BCUT2D eigenvalue weighted by Gasteiger charge is 2.27. The van der Waals surface area contributed by atoms with Crippen molar-refractivity contribution >= 4 is 33.1 Å². The summed E-state index contributed by atoms with van der Waals surface area (Å²) in [6.45, 7) is 3.93. The summed E-state index contributed by atoms with van der Waals surface area (Å²) in [6, 6.07) is 7.77. The first-order valence-corrected chi connectivity index (χ1v) is 11.1. The number of fused-ring (bicyclic) bond motifs is 3. The van der Waals surface area contributed by atoms with E-state index in [9.17, 15) is 4.21 Å². The van der Waals surface area contributed by atoms with Crippen LogP contribution in [0.15, 0.2) is 28.6 Å². The lowest BCUT2D eigenvalue weighted by molar-refractivity contribution is 0.134. The largest absolute Gasteiger partial charge is 0.379 e. The fourth-order valence-electron chi connectivity index (χ4n) is 3.48. The highest BCUT2D eigenvalue weighted by Crippen LogP contribution is 2.35. The average molecular weight is 393 g/mol. The number of halogens is 1. The fourth-order valence-corrected chi connectivity index (χ4v) is 5.10. The van der Waals surface area contributed by atoms with Crippen molar-refractivity contribution in [3.05, 3.63) is 46.1 Å². The van der Waals surface area contributed by atoms with Gasteiger partial charge in [-0.2, -0.15) is 9.35 Å². The number of ether oxygens (including phenoxy) is 1. The van der Waals surface area contributed by atoms with E-state index in [4.69, 9.17) is 16.3 Å². The highest BCUT2D eigenvalue weighted by atomic mass is 35.5. The van der Waals surface area contributed by atoms with Crippen molar-refractivity contribution in [3.8, 4) is 0 Å². The summed E-state index contributed by atoms with van der Waals surface area (Å²) in [7, 11) is -2.52. The number of benzene rings is 1. The molecule has 3 aliphatic rings. The van der Waals surface area contributed by atoms with Crippen LogP contribution in [0.5, 0.6) is 0 Å². The number of anilines is 1. The molecule has 26 heavy (non-hydrogen) atoms. The number of aromatic nitrogens is 2. The molecule has 0 aliphatic carbocycles. The Morgan fingerprint density at radius 3 is 2.96 bits per heavy atom. The molecule has 6 nitrogen and oxygen atoms in total. The van der Waals surface area contributed by atoms with E-state index in [0.29, 0.717) is 24.0 Å². The van der Waals surface area contributed by atoms with Gasteiger partial charge in [-0.15, -0.1) is 0 Å². The van der Waals surface area contributed by atoms with Crippen molar-refractivity contribution in [2.45, 2.75) is 25.1 Å². The predicted octanol–water partition coefficient (Wildman–Crippen LogP) is 3.65.